The standard InChI is InChI=1S/C20H28N2O5.O3/c1-20(2,3)27-19(25)22(13-14-23)17-9-11-21(12-10-17)18(24)26-15-16-7-5-4-6-8-16;1-3-2/h4-8,14,17H,9-13,15H2,1-3H3;. The van der Waals surface area contributed by atoms with Crippen molar-refractivity contribution < 1.29 is 29.1 Å². The molecule has 0 N–H and O–H groups in total. The second kappa shape index (κ2) is 12.4. The number of nitrogens with zero attached hydrogens (tertiary/aromatic N) is 2. The van der Waals surface area contributed by atoms with Crippen LogP contribution in [-0.2, 0) is 20.9 Å². The largest absolute Gasteiger partial charge is 0.445 e. The average Bonchev–Trinajstić information content (AvgIpc) is 2.70. The number of ether oxygens (including phenoxy) is 2. The van der Waals surface area contributed by atoms with Gasteiger partial charge in [-0.3, -0.25) is 4.90 Å². The molecule has 10 heteroatoms. The van der Waals surface area contributed by atoms with E-state index in [2.05, 4.69) is 0 Å². The maximum absolute atomic E-state index is 12.4. The molecule has 1 aromatic carbocycles. The molecule has 0 spiro atoms. The molecule has 0 aliphatic carbocycles. The van der Waals surface area contributed by atoms with Gasteiger partial charge in [0.1, 0.15) is 18.5 Å². The molecule has 0 atom stereocenters. The number of benzene rings is 1. The van der Waals surface area contributed by atoms with E-state index in [1.807, 2.05) is 30.3 Å². The normalized spacial score (nSPS) is 14.0. The van der Waals surface area contributed by atoms with Gasteiger partial charge < -0.3 is 19.2 Å². The molecule has 1 heterocycles. The first-order chi connectivity index (χ1) is 14.2. The van der Waals surface area contributed by atoms with Crippen molar-refractivity contribution in [2.75, 3.05) is 19.6 Å². The van der Waals surface area contributed by atoms with Crippen LogP contribution in [0.5, 0.6) is 0 Å². The molecular formula is C20H28N2O8. The second-order valence-corrected chi connectivity index (χ2v) is 7.63. The first-order valence-corrected chi connectivity index (χ1v) is 9.52. The van der Waals surface area contributed by atoms with Crippen LogP contribution >= 0.6 is 0 Å². The number of hydrogen-bond acceptors (Lipinski definition) is 7. The minimum atomic E-state index is -0.625. The Bertz CT molecular complexity index is 682. The van der Waals surface area contributed by atoms with Crippen LogP contribution in [0.1, 0.15) is 39.2 Å². The molecule has 1 aromatic rings. The molecule has 0 aromatic heterocycles. The highest BCUT2D eigenvalue weighted by molar-refractivity contribution is 5.72. The maximum atomic E-state index is 12.4. The van der Waals surface area contributed by atoms with Crippen molar-refractivity contribution in [3.63, 3.8) is 0 Å². The molecule has 30 heavy (non-hydrogen) atoms. The molecule has 0 unspecified atom stereocenters. The molecule has 2 rings (SSSR count). The summed E-state index contributed by atoms with van der Waals surface area (Å²) in [6.07, 6.45) is 0.988. The highest BCUT2D eigenvalue weighted by atomic mass is 17.2. The van der Waals surface area contributed by atoms with Gasteiger partial charge in [-0.1, -0.05) is 40.6 Å². The van der Waals surface area contributed by atoms with Gasteiger partial charge in [-0.25, -0.2) is 9.59 Å². The average molecular weight is 424 g/mol. The lowest BCUT2D eigenvalue weighted by atomic mass is 10.0. The zero-order valence-electron chi connectivity index (χ0n) is 17.4. The van der Waals surface area contributed by atoms with Crippen LogP contribution in [0.25, 0.3) is 0 Å². The number of likely N-dealkylation sites (tertiary alicyclic amines) is 1. The molecule has 0 saturated carbocycles. The minimum absolute atomic E-state index is 0.0158. The lowest BCUT2D eigenvalue weighted by Gasteiger charge is -2.37. The van der Waals surface area contributed by atoms with Crippen LogP contribution < -0.4 is 5.26 Å². The van der Waals surface area contributed by atoms with Crippen molar-refractivity contribution >= 4 is 18.5 Å². The zero-order valence-corrected chi connectivity index (χ0v) is 17.4. The van der Waals surface area contributed by atoms with Crippen molar-refractivity contribution in [3.8, 4) is 0 Å². The predicted octanol–water partition coefficient (Wildman–Crippen LogP) is 2.10. The molecule has 166 valence electrons. The lowest BCUT2D eigenvalue weighted by Crippen LogP contribution is -2.50. The Morgan fingerprint density at radius 1 is 1.23 bits per heavy atom. The van der Waals surface area contributed by atoms with E-state index in [9.17, 15) is 14.4 Å². The fourth-order valence-corrected chi connectivity index (χ4v) is 2.94. The molecule has 0 bridgehead atoms. The van der Waals surface area contributed by atoms with Gasteiger partial charge in [0, 0.05) is 19.1 Å². The van der Waals surface area contributed by atoms with Crippen LogP contribution in [0.15, 0.2) is 30.3 Å². The van der Waals surface area contributed by atoms with E-state index in [1.54, 1.807) is 30.4 Å². The number of rotatable bonds is 5. The highest BCUT2D eigenvalue weighted by Crippen LogP contribution is 2.20. The van der Waals surface area contributed by atoms with Crippen molar-refractivity contribution in [3.05, 3.63) is 45.6 Å². The Morgan fingerprint density at radius 3 is 2.30 bits per heavy atom. The summed E-state index contributed by atoms with van der Waals surface area (Å²) in [5, 5.41) is 7.88. The third-order valence-electron chi connectivity index (χ3n) is 4.27. The van der Waals surface area contributed by atoms with Gasteiger partial charge in [0.05, 0.1) is 6.54 Å². The van der Waals surface area contributed by atoms with Gasteiger partial charge >= 0.3 is 12.2 Å². The van der Waals surface area contributed by atoms with Crippen LogP contribution in [0, 0.1) is 9.71 Å². The number of carbonyl (C=O) groups is 3. The van der Waals surface area contributed by atoms with E-state index in [-0.39, 0.29) is 25.3 Å². The smallest absolute Gasteiger partial charge is 0.410 e. The highest BCUT2D eigenvalue weighted by Gasteiger charge is 2.32. The van der Waals surface area contributed by atoms with E-state index in [1.165, 1.54) is 4.90 Å². The molecule has 0 radical (unpaired) electrons. The van der Waals surface area contributed by atoms with E-state index < -0.39 is 11.7 Å². The summed E-state index contributed by atoms with van der Waals surface area (Å²) in [6, 6.07) is 9.37. The number of carbonyl (C=O) groups excluding carboxylic acids is 3. The Kier molecular flexibility index (Phi) is 10.3. The van der Waals surface area contributed by atoms with Gasteiger partial charge in [0.15, 0.2) is 4.75 Å². The Morgan fingerprint density at radius 2 is 1.80 bits per heavy atom. The topological polar surface area (TPSA) is 128 Å². The molecule has 1 fully saturated rings. The SMILES string of the molecule is CC(C)(C)OC(=O)N(CC=O)C1CCN(C(=O)OCc2ccccc2)CC1.O=[O+][O-]. The summed E-state index contributed by atoms with van der Waals surface area (Å²) in [4.78, 5) is 46.5. The van der Waals surface area contributed by atoms with Crippen molar-refractivity contribution in [2.45, 2.75) is 51.9 Å². The predicted molar refractivity (Wildman–Crippen MR) is 107 cm³/mol. The van der Waals surface area contributed by atoms with Crippen LogP contribution in [0.3, 0.4) is 0 Å². The van der Waals surface area contributed by atoms with Crippen LogP contribution in [0.4, 0.5) is 9.59 Å². The molecule has 1 aliphatic rings. The summed E-state index contributed by atoms with van der Waals surface area (Å²) in [5.74, 6) is 0. The molecule has 1 saturated heterocycles. The van der Waals surface area contributed by atoms with E-state index in [0.717, 1.165) is 5.56 Å². The molecule has 2 amide bonds. The summed E-state index contributed by atoms with van der Waals surface area (Å²) >= 11 is 0. The van der Waals surface area contributed by atoms with Crippen molar-refractivity contribution in [1.82, 2.24) is 9.80 Å². The Hall–Kier alpha value is -3.17. The summed E-state index contributed by atoms with van der Waals surface area (Å²) in [5.41, 5.74) is 0.308. The number of piperidine rings is 1. The zero-order chi connectivity index (χ0) is 22.6. The van der Waals surface area contributed by atoms with E-state index in [0.29, 0.717) is 32.2 Å². The van der Waals surface area contributed by atoms with Gasteiger partial charge in [-0.2, -0.15) is 0 Å². The van der Waals surface area contributed by atoms with Gasteiger partial charge in [0.2, 0.25) is 0 Å². The Balaban J connectivity index is 0.00000141. The fraction of sp³-hybridized carbons (Fsp3) is 0.550. The summed E-state index contributed by atoms with van der Waals surface area (Å²) < 4.78 is 12.5. The van der Waals surface area contributed by atoms with Gasteiger partial charge in [0.25, 0.3) is 0 Å². The number of amides is 2. The molecule has 10 nitrogen and oxygen atoms in total. The van der Waals surface area contributed by atoms with Crippen molar-refractivity contribution in [1.29, 1.82) is 0 Å². The monoisotopic (exact) mass is 424 g/mol. The third kappa shape index (κ3) is 8.89. The number of hydrogen-bond donors (Lipinski definition) is 0. The summed E-state index contributed by atoms with van der Waals surface area (Å²) in [7, 11) is 0. The van der Waals surface area contributed by atoms with Crippen molar-refractivity contribution in [2.24, 2.45) is 0 Å². The molecular weight excluding hydrogens is 396 g/mol. The quantitative estimate of drug-likeness (QED) is 0.306. The first-order valence-electron chi connectivity index (χ1n) is 9.52. The third-order valence-corrected chi connectivity index (χ3v) is 4.27. The Labute approximate surface area is 175 Å². The van der Waals surface area contributed by atoms with E-state index >= 15 is 0 Å². The summed E-state index contributed by atoms with van der Waals surface area (Å²) in [6.45, 7) is 6.51. The second-order valence-electron chi connectivity index (χ2n) is 7.63. The van der Waals surface area contributed by atoms with E-state index in [4.69, 9.17) is 19.7 Å². The first kappa shape index (κ1) is 24.9. The van der Waals surface area contributed by atoms with Gasteiger partial charge in [-0.05, 0) is 39.2 Å². The maximum Gasteiger partial charge on any atom is 0.410 e. The van der Waals surface area contributed by atoms with Gasteiger partial charge in [-0.15, -0.1) is 0 Å². The van der Waals surface area contributed by atoms with Crippen LogP contribution in [0.2, 0.25) is 0 Å². The van der Waals surface area contributed by atoms with Crippen LogP contribution in [-0.4, -0.2) is 59.5 Å². The molecule has 1 aliphatic heterocycles. The lowest BCUT2D eigenvalue weighted by molar-refractivity contribution is -0.284. The number of aldehydes is 1. The minimum Gasteiger partial charge on any atom is -0.445 e. The fourth-order valence-electron chi connectivity index (χ4n) is 2.94.